The van der Waals surface area contributed by atoms with Crippen molar-refractivity contribution in [3.05, 3.63) is 12.2 Å². The van der Waals surface area contributed by atoms with Crippen molar-refractivity contribution in [2.75, 3.05) is 26.3 Å². The largest absolute Gasteiger partial charge is 0.481 e. The number of ether oxygens (including phenoxy) is 1. The van der Waals surface area contributed by atoms with Crippen LogP contribution < -0.4 is 5.32 Å². The Morgan fingerprint density at radius 1 is 0.918 bits per heavy atom. The summed E-state index contributed by atoms with van der Waals surface area (Å²) in [6.07, 6.45) is 15.4. The Hall–Kier alpha value is -1.40. The van der Waals surface area contributed by atoms with Crippen LogP contribution >= 0.6 is 0 Å². The molecule has 0 aromatic carbocycles. The summed E-state index contributed by atoms with van der Waals surface area (Å²) in [6.45, 7) is 28.2. The van der Waals surface area contributed by atoms with E-state index in [1.54, 1.807) is 0 Å². The Kier molecular flexibility index (Phi) is 10.3. The van der Waals surface area contributed by atoms with Gasteiger partial charge in [0, 0.05) is 12.1 Å². The second kappa shape index (κ2) is 13.5. The molecule has 0 aromatic rings. The average Bonchev–Trinajstić information content (AvgIpc) is 3.64. The molecule has 49 heavy (non-hydrogen) atoms. The first-order valence-electron chi connectivity index (χ1n) is 20.4. The zero-order valence-electron chi connectivity index (χ0n) is 32.7. The van der Waals surface area contributed by atoms with Gasteiger partial charge in [-0.3, -0.25) is 14.5 Å². The first kappa shape index (κ1) is 37.4. The van der Waals surface area contributed by atoms with Crippen molar-refractivity contribution in [3.8, 4) is 0 Å². The van der Waals surface area contributed by atoms with Gasteiger partial charge < -0.3 is 15.2 Å². The molecule has 6 aliphatic rings. The topological polar surface area (TPSA) is 78.9 Å². The lowest BCUT2D eigenvalue weighted by molar-refractivity contribution is -0.245. The third kappa shape index (κ3) is 6.59. The lowest BCUT2D eigenvalue weighted by Crippen LogP contribution is -2.66. The lowest BCUT2D eigenvalue weighted by Gasteiger charge is -2.72. The Morgan fingerprint density at radius 2 is 1.61 bits per heavy atom. The molecule has 1 unspecified atom stereocenters. The van der Waals surface area contributed by atoms with Crippen LogP contribution in [0.15, 0.2) is 12.2 Å². The van der Waals surface area contributed by atoms with E-state index in [2.05, 4.69) is 58.3 Å². The summed E-state index contributed by atoms with van der Waals surface area (Å²) in [4.78, 5) is 27.2. The maximum atomic E-state index is 13.2. The molecule has 0 amide bonds. The van der Waals surface area contributed by atoms with Crippen molar-refractivity contribution >= 4 is 11.9 Å². The second-order valence-corrected chi connectivity index (χ2v) is 20.4. The van der Waals surface area contributed by atoms with Gasteiger partial charge in [-0.2, -0.15) is 0 Å². The minimum atomic E-state index is -0.864. The van der Waals surface area contributed by atoms with Crippen LogP contribution in [0.2, 0.25) is 0 Å². The van der Waals surface area contributed by atoms with E-state index in [1.165, 1.54) is 82.9 Å². The number of rotatable bonds is 11. The highest BCUT2D eigenvalue weighted by Crippen LogP contribution is 2.76. The first-order valence-corrected chi connectivity index (χ1v) is 20.4. The molecule has 1 heterocycles. The van der Waals surface area contributed by atoms with Crippen molar-refractivity contribution in [1.82, 2.24) is 10.2 Å². The zero-order chi connectivity index (χ0) is 35.6. The van der Waals surface area contributed by atoms with Crippen molar-refractivity contribution in [1.29, 1.82) is 0 Å². The molecule has 1 saturated heterocycles. The molecule has 11 atom stereocenters. The summed E-state index contributed by atoms with van der Waals surface area (Å²) < 4.78 is 6.29. The molecule has 278 valence electrons. The van der Waals surface area contributed by atoms with Gasteiger partial charge in [0.25, 0.3) is 0 Å². The number of carboxylic acid groups (broad SMARTS) is 1. The fraction of sp³-hybridized carbons (Fsp3) is 0.907. The molecule has 5 aliphatic carbocycles. The molecule has 6 nitrogen and oxygen atoms in total. The lowest BCUT2D eigenvalue weighted by atomic mass is 9.33. The van der Waals surface area contributed by atoms with Crippen LogP contribution in [0, 0.1) is 68.5 Å². The van der Waals surface area contributed by atoms with Crippen LogP contribution in [-0.4, -0.2) is 54.4 Å². The summed E-state index contributed by atoms with van der Waals surface area (Å²) in [6, 6.07) is 0. The van der Waals surface area contributed by atoms with Crippen molar-refractivity contribution in [2.24, 2.45) is 68.5 Å². The van der Waals surface area contributed by atoms with Gasteiger partial charge in [0.05, 0.1) is 12.8 Å². The number of likely N-dealkylation sites (tertiary alicyclic amines) is 1. The van der Waals surface area contributed by atoms with Gasteiger partial charge >= 0.3 is 11.9 Å². The van der Waals surface area contributed by atoms with E-state index in [1.807, 2.05) is 13.8 Å². The number of carboxylic acids is 1. The molecule has 0 radical (unpaired) electrons. The molecular weight excluding hydrogens is 608 g/mol. The quantitative estimate of drug-likeness (QED) is 0.129. The highest BCUT2D eigenvalue weighted by molar-refractivity contribution is 5.73. The molecule has 6 rings (SSSR count). The summed E-state index contributed by atoms with van der Waals surface area (Å²) >= 11 is 0. The number of fused-ring (bicyclic) bond motifs is 7. The Labute approximate surface area is 299 Å². The van der Waals surface area contributed by atoms with Gasteiger partial charge in [-0.1, -0.05) is 60.6 Å². The van der Waals surface area contributed by atoms with Gasteiger partial charge in [0.15, 0.2) is 0 Å². The molecule has 2 N–H and O–H groups in total. The van der Waals surface area contributed by atoms with Crippen LogP contribution in [0.1, 0.15) is 145 Å². The number of hydrogen-bond donors (Lipinski definition) is 2. The zero-order valence-corrected chi connectivity index (χ0v) is 32.7. The fourth-order valence-corrected chi connectivity index (χ4v) is 14.4. The second-order valence-electron chi connectivity index (χ2n) is 20.4. The maximum Gasteiger partial charge on any atom is 0.306 e. The van der Waals surface area contributed by atoms with E-state index in [0.717, 1.165) is 49.7 Å². The third-order valence-electron chi connectivity index (χ3n) is 16.8. The molecule has 0 bridgehead atoms. The van der Waals surface area contributed by atoms with Crippen molar-refractivity contribution in [3.63, 3.8) is 0 Å². The molecule has 6 fully saturated rings. The first-order chi connectivity index (χ1) is 22.9. The molecule has 5 saturated carbocycles. The van der Waals surface area contributed by atoms with Crippen LogP contribution in [0.5, 0.6) is 0 Å². The van der Waals surface area contributed by atoms with E-state index in [-0.39, 0.29) is 35.7 Å². The van der Waals surface area contributed by atoms with E-state index in [4.69, 9.17) is 4.74 Å². The number of allylic oxidation sites excluding steroid dienone is 1. The van der Waals surface area contributed by atoms with E-state index in [9.17, 15) is 14.7 Å². The number of hydrogen-bond acceptors (Lipinski definition) is 5. The SMILES string of the molecule is C=C(C)[C@@H]1C[C@@H](CCNCN2CCCC2)C2CC[C@]3(C)[C@H](CC[C@@H]4[C@@]5(C)CC[C@H](OC(=O)CC(C)(C)CC(=O)O)C(C)(C)[C@@H]5CC[C@]43C)[C@H]21. The summed E-state index contributed by atoms with van der Waals surface area (Å²) in [5.74, 6) is 4.04. The monoisotopic (exact) mass is 681 g/mol. The van der Waals surface area contributed by atoms with Gasteiger partial charge in [-0.05, 0) is 167 Å². The summed E-state index contributed by atoms with van der Waals surface area (Å²) in [7, 11) is 0. The van der Waals surface area contributed by atoms with Crippen molar-refractivity contribution in [2.45, 2.75) is 151 Å². The highest BCUT2D eigenvalue weighted by Gasteiger charge is 2.69. The normalized spacial score (nSPS) is 43.2. The molecule has 6 heteroatoms. The standard InChI is InChI=1S/C43H72N2O4/c1-28(2)31-24-29(17-21-44-27-45-22-10-11-23-45)30-14-19-42(8)32(38(30)31)12-13-34-41(7)18-16-35(40(5,6)33(41)15-20-43(34,42)9)49-37(48)26-39(3,4)25-36(46)47/h29-35,38,44H,1,10-27H2,2-9H3,(H,46,47)/t29-,30?,31+,32-,33+,34-,35+,38-,41+,42-,43-/m1/s1. The Morgan fingerprint density at radius 3 is 2.29 bits per heavy atom. The predicted octanol–water partition coefficient (Wildman–Crippen LogP) is 9.34. The predicted molar refractivity (Wildman–Crippen MR) is 198 cm³/mol. The summed E-state index contributed by atoms with van der Waals surface area (Å²) in [5, 5.41) is 13.2. The Balaban J connectivity index is 1.16. The third-order valence-corrected chi connectivity index (χ3v) is 16.8. The summed E-state index contributed by atoms with van der Waals surface area (Å²) in [5.41, 5.74) is 1.63. The van der Waals surface area contributed by atoms with Gasteiger partial charge in [-0.15, -0.1) is 0 Å². The minimum absolute atomic E-state index is 0.0255. The number of esters is 1. The number of nitrogens with one attached hydrogen (secondary N) is 1. The number of nitrogens with zero attached hydrogens (tertiary/aromatic N) is 1. The van der Waals surface area contributed by atoms with Crippen LogP contribution in [-0.2, 0) is 14.3 Å². The smallest absolute Gasteiger partial charge is 0.306 e. The van der Waals surface area contributed by atoms with Gasteiger partial charge in [0.1, 0.15) is 6.10 Å². The van der Waals surface area contributed by atoms with Gasteiger partial charge in [0.2, 0.25) is 0 Å². The Bertz CT molecular complexity index is 1250. The van der Waals surface area contributed by atoms with Gasteiger partial charge in [-0.25, -0.2) is 0 Å². The van der Waals surface area contributed by atoms with E-state index >= 15 is 0 Å². The van der Waals surface area contributed by atoms with Crippen LogP contribution in [0.3, 0.4) is 0 Å². The minimum Gasteiger partial charge on any atom is -0.481 e. The van der Waals surface area contributed by atoms with Crippen LogP contribution in [0.4, 0.5) is 0 Å². The molecular formula is C43H72N2O4. The maximum absolute atomic E-state index is 13.2. The molecule has 0 aromatic heterocycles. The number of carbonyl (C=O) groups is 2. The molecule has 0 spiro atoms. The van der Waals surface area contributed by atoms with Crippen LogP contribution in [0.25, 0.3) is 0 Å². The van der Waals surface area contributed by atoms with E-state index in [0.29, 0.717) is 28.6 Å². The van der Waals surface area contributed by atoms with E-state index < -0.39 is 11.4 Å². The molecule has 1 aliphatic heterocycles. The number of carbonyl (C=O) groups excluding carboxylic acids is 1. The fourth-order valence-electron chi connectivity index (χ4n) is 14.4. The highest BCUT2D eigenvalue weighted by atomic mass is 16.5. The van der Waals surface area contributed by atoms with Crippen molar-refractivity contribution < 1.29 is 19.4 Å². The number of aliphatic carboxylic acids is 1. The average molecular weight is 681 g/mol.